The Balaban J connectivity index is 4.01. The lowest BCUT2D eigenvalue weighted by Gasteiger charge is -2.22. The van der Waals surface area contributed by atoms with Crippen molar-refractivity contribution in [3.63, 3.8) is 0 Å². The summed E-state index contributed by atoms with van der Waals surface area (Å²) in [6.07, 6.45) is 7.79. The molecule has 0 aliphatic carbocycles. The molecular weight excluding hydrogens is 202 g/mol. The molecule has 0 bridgehead atoms. The van der Waals surface area contributed by atoms with Gasteiger partial charge in [-0.2, -0.15) is 0 Å². The fourth-order valence-electron chi connectivity index (χ4n) is 1.76. The highest BCUT2D eigenvalue weighted by atomic mass is 16.5. The largest absolute Gasteiger partial charge is 0.469 e. The van der Waals surface area contributed by atoms with E-state index in [0.29, 0.717) is 6.04 Å². The van der Waals surface area contributed by atoms with Gasteiger partial charge in [0.15, 0.2) is 0 Å². The molecule has 0 aliphatic heterocycles. The van der Waals surface area contributed by atoms with Crippen LogP contribution in [-0.4, -0.2) is 25.2 Å². The molecule has 16 heavy (non-hydrogen) atoms. The van der Waals surface area contributed by atoms with Crippen molar-refractivity contribution in [2.45, 2.75) is 52.1 Å². The Morgan fingerprint density at radius 2 is 2.12 bits per heavy atom. The Morgan fingerprint density at radius 1 is 1.50 bits per heavy atom. The third-order valence-corrected chi connectivity index (χ3v) is 2.69. The molecule has 0 amide bonds. The maximum absolute atomic E-state index is 11.2. The minimum Gasteiger partial charge on any atom is -0.469 e. The number of terminal acetylenes is 1. The SMILES string of the molecule is C#CCC(CC)NC(C)CC(C)C(=O)OC. The highest BCUT2D eigenvalue weighted by Crippen LogP contribution is 2.09. The van der Waals surface area contributed by atoms with Gasteiger partial charge in [-0.15, -0.1) is 12.3 Å². The summed E-state index contributed by atoms with van der Waals surface area (Å²) >= 11 is 0. The second-order valence-corrected chi connectivity index (χ2v) is 4.24. The molecule has 0 saturated carbocycles. The van der Waals surface area contributed by atoms with E-state index in [9.17, 15) is 4.79 Å². The lowest BCUT2D eigenvalue weighted by Crippen LogP contribution is -2.37. The van der Waals surface area contributed by atoms with E-state index in [4.69, 9.17) is 11.2 Å². The number of rotatable bonds is 7. The van der Waals surface area contributed by atoms with Gasteiger partial charge in [-0.1, -0.05) is 13.8 Å². The number of hydrogen-bond acceptors (Lipinski definition) is 3. The number of carbonyl (C=O) groups is 1. The van der Waals surface area contributed by atoms with Crippen LogP contribution in [0.1, 0.15) is 40.0 Å². The zero-order valence-corrected chi connectivity index (χ0v) is 10.7. The van der Waals surface area contributed by atoms with Crippen molar-refractivity contribution in [3.05, 3.63) is 0 Å². The van der Waals surface area contributed by atoms with E-state index in [0.717, 1.165) is 19.3 Å². The highest BCUT2D eigenvalue weighted by molar-refractivity contribution is 5.71. The normalized spacial score (nSPS) is 15.9. The van der Waals surface area contributed by atoms with Gasteiger partial charge in [-0.25, -0.2) is 0 Å². The van der Waals surface area contributed by atoms with Gasteiger partial charge in [0.2, 0.25) is 0 Å². The van der Waals surface area contributed by atoms with E-state index in [1.807, 2.05) is 6.92 Å². The first kappa shape index (κ1) is 15.0. The van der Waals surface area contributed by atoms with E-state index in [1.165, 1.54) is 7.11 Å². The van der Waals surface area contributed by atoms with Gasteiger partial charge in [0.05, 0.1) is 13.0 Å². The second kappa shape index (κ2) is 8.18. The molecule has 0 spiro atoms. The minimum atomic E-state index is -0.154. The summed E-state index contributed by atoms with van der Waals surface area (Å²) in [5, 5.41) is 3.43. The monoisotopic (exact) mass is 225 g/mol. The summed E-state index contributed by atoms with van der Waals surface area (Å²) in [5.41, 5.74) is 0. The molecule has 0 rings (SSSR count). The first-order valence-corrected chi connectivity index (χ1v) is 5.82. The Labute approximate surface area is 98.9 Å². The molecule has 1 N–H and O–H groups in total. The van der Waals surface area contributed by atoms with Gasteiger partial charge in [-0.05, 0) is 19.8 Å². The van der Waals surface area contributed by atoms with Crippen LogP contribution >= 0.6 is 0 Å². The van der Waals surface area contributed by atoms with Crippen LogP contribution in [0, 0.1) is 18.3 Å². The van der Waals surface area contributed by atoms with Crippen LogP contribution in [0.25, 0.3) is 0 Å². The van der Waals surface area contributed by atoms with E-state index in [-0.39, 0.29) is 17.9 Å². The van der Waals surface area contributed by atoms with Gasteiger partial charge in [0, 0.05) is 18.5 Å². The average Bonchev–Trinajstić information content (AvgIpc) is 2.27. The van der Waals surface area contributed by atoms with E-state index >= 15 is 0 Å². The van der Waals surface area contributed by atoms with Crippen molar-refractivity contribution in [3.8, 4) is 12.3 Å². The summed E-state index contributed by atoms with van der Waals surface area (Å²) in [6, 6.07) is 0.609. The van der Waals surface area contributed by atoms with Gasteiger partial charge in [0.25, 0.3) is 0 Å². The van der Waals surface area contributed by atoms with Crippen LogP contribution in [0.5, 0.6) is 0 Å². The second-order valence-electron chi connectivity index (χ2n) is 4.24. The van der Waals surface area contributed by atoms with Crippen LogP contribution in [-0.2, 0) is 9.53 Å². The molecule has 3 nitrogen and oxygen atoms in total. The number of ether oxygens (including phenoxy) is 1. The Bertz CT molecular complexity index is 245. The summed E-state index contributed by atoms with van der Waals surface area (Å²) in [5.74, 6) is 2.43. The molecule has 0 aromatic carbocycles. The van der Waals surface area contributed by atoms with E-state index in [2.05, 4.69) is 25.1 Å². The molecular formula is C13H23NO2. The molecule has 0 aliphatic rings. The van der Waals surface area contributed by atoms with Crippen LogP contribution in [0.3, 0.4) is 0 Å². The summed E-state index contributed by atoms with van der Waals surface area (Å²) in [7, 11) is 1.42. The molecule has 3 atom stereocenters. The first-order chi connectivity index (χ1) is 7.54. The molecule has 0 aromatic rings. The fraction of sp³-hybridized carbons (Fsp3) is 0.769. The van der Waals surface area contributed by atoms with Gasteiger partial charge in [0.1, 0.15) is 0 Å². The summed E-state index contributed by atoms with van der Waals surface area (Å²) < 4.78 is 4.69. The van der Waals surface area contributed by atoms with Crippen molar-refractivity contribution in [1.82, 2.24) is 5.32 Å². The average molecular weight is 225 g/mol. The number of methoxy groups -OCH3 is 1. The van der Waals surface area contributed by atoms with Crippen LogP contribution < -0.4 is 5.32 Å². The van der Waals surface area contributed by atoms with Crippen molar-refractivity contribution in [1.29, 1.82) is 0 Å². The predicted octanol–water partition coefficient (Wildman–Crippen LogP) is 1.97. The summed E-state index contributed by atoms with van der Waals surface area (Å²) in [6.45, 7) is 6.05. The molecule has 92 valence electrons. The van der Waals surface area contributed by atoms with Crippen LogP contribution in [0.2, 0.25) is 0 Å². The molecule has 0 fully saturated rings. The molecule has 3 unspecified atom stereocenters. The first-order valence-electron chi connectivity index (χ1n) is 5.82. The standard InChI is InChI=1S/C13H23NO2/c1-6-8-12(7-2)14-11(4)9-10(3)13(15)16-5/h1,10-12,14H,7-9H2,2-5H3. The molecule has 3 heteroatoms. The van der Waals surface area contributed by atoms with Crippen molar-refractivity contribution < 1.29 is 9.53 Å². The fourth-order valence-corrected chi connectivity index (χ4v) is 1.76. The van der Waals surface area contributed by atoms with E-state index in [1.54, 1.807) is 0 Å². The highest BCUT2D eigenvalue weighted by Gasteiger charge is 2.18. The zero-order valence-electron chi connectivity index (χ0n) is 10.7. The lowest BCUT2D eigenvalue weighted by molar-refractivity contribution is -0.145. The van der Waals surface area contributed by atoms with Gasteiger partial charge < -0.3 is 10.1 Å². The molecule has 0 heterocycles. The number of nitrogens with one attached hydrogen (secondary N) is 1. The molecule has 0 saturated heterocycles. The van der Waals surface area contributed by atoms with Crippen LogP contribution in [0.15, 0.2) is 0 Å². The smallest absolute Gasteiger partial charge is 0.308 e. The maximum Gasteiger partial charge on any atom is 0.308 e. The van der Waals surface area contributed by atoms with Crippen molar-refractivity contribution in [2.75, 3.05) is 7.11 Å². The number of carbonyl (C=O) groups excluding carboxylic acids is 1. The third kappa shape index (κ3) is 5.77. The molecule has 0 aromatic heterocycles. The lowest BCUT2D eigenvalue weighted by atomic mass is 10.0. The van der Waals surface area contributed by atoms with Crippen molar-refractivity contribution in [2.24, 2.45) is 5.92 Å². The quantitative estimate of drug-likeness (QED) is 0.532. The molecule has 0 radical (unpaired) electrons. The topological polar surface area (TPSA) is 38.3 Å². The predicted molar refractivity (Wildman–Crippen MR) is 65.9 cm³/mol. The summed E-state index contributed by atoms with van der Waals surface area (Å²) in [4.78, 5) is 11.2. The Hall–Kier alpha value is -1.01. The number of hydrogen-bond donors (Lipinski definition) is 1. The minimum absolute atomic E-state index is 0.0733. The Morgan fingerprint density at radius 3 is 2.56 bits per heavy atom. The third-order valence-electron chi connectivity index (χ3n) is 2.69. The maximum atomic E-state index is 11.2. The Kier molecular flexibility index (Phi) is 7.66. The number of esters is 1. The van der Waals surface area contributed by atoms with Crippen molar-refractivity contribution >= 4 is 5.97 Å². The zero-order chi connectivity index (χ0) is 12.6. The van der Waals surface area contributed by atoms with E-state index < -0.39 is 0 Å². The van der Waals surface area contributed by atoms with Crippen LogP contribution in [0.4, 0.5) is 0 Å². The van der Waals surface area contributed by atoms with Gasteiger partial charge in [-0.3, -0.25) is 4.79 Å². The van der Waals surface area contributed by atoms with Gasteiger partial charge >= 0.3 is 5.97 Å².